The molecule has 0 spiro atoms. The van der Waals surface area contributed by atoms with E-state index in [0.717, 1.165) is 0 Å². The van der Waals surface area contributed by atoms with Crippen molar-refractivity contribution < 1.29 is 26.4 Å². The van der Waals surface area contributed by atoms with Crippen molar-refractivity contribution in [1.29, 1.82) is 0 Å². The third-order valence-electron chi connectivity index (χ3n) is 2.99. The fourth-order valence-electron chi connectivity index (χ4n) is 1.80. The van der Waals surface area contributed by atoms with E-state index in [1.54, 1.807) is 0 Å². The van der Waals surface area contributed by atoms with Crippen LogP contribution in [0.3, 0.4) is 0 Å². The smallest absolute Gasteiger partial charge is 0.339 e. The summed E-state index contributed by atoms with van der Waals surface area (Å²) in [4.78, 5) is 11.0. The van der Waals surface area contributed by atoms with Crippen LogP contribution in [0, 0.1) is 0 Å². The van der Waals surface area contributed by atoms with Gasteiger partial charge in [0.1, 0.15) is 0 Å². The lowest BCUT2D eigenvalue weighted by Gasteiger charge is -2.19. The number of rotatable bonds is 3. The van der Waals surface area contributed by atoms with E-state index in [4.69, 9.17) is 0 Å². The zero-order valence-electron chi connectivity index (χ0n) is 9.53. The summed E-state index contributed by atoms with van der Waals surface area (Å²) in [6, 6.07) is 5.45. The summed E-state index contributed by atoms with van der Waals surface area (Å²) in [7, 11) is -2.73. The average Bonchev–Trinajstić information content (AvgIpc) is 3.09. The Hall–Kier alpha value is -1.57. The third kappa shape index (κ3) is 2.89. The standard InChI is InChI=1S/C11H10F3NO3S/c12-11(13,14)9(16)15-10(5-6-10)7-1-3-8(4-2-7)19(17)18/h1-4,19H,5-6H2,(H,15,16). The molecular formula is C11H10F3NO3S. The first-order valence-electron chi connectivity index (χ1n) is 5.39. The molecule has 1 amide bonds. The lowest BCUT2D eigenvalue weighted by molar-refractivity contribution is -0.174. The largest absolute Gasteiger partial charge is 0.471 e. The van der Waals surface area contributed by atoms with Gasteiger partial charge in [0.05, 0.1) is 10.4 Å². The molecule has 0 aliphatic heterocycles. The fourth-order valence-corrected chi connectivity index (χ4v) is 2.19. The highest BCUT2D eigenvalue weighted by atomic mass is 32.2. The molecule has 1 aromatic rings. The number of thiol groups is 1. The van der Waals surface area contributed by atoms with Crippen LogP contribution in [0.25, 0.3) is 0 Å². The molecule has 0 saturated heterocycles. The highest BCUT2D eigenvalue weighted by Crippen LogP contribution is 2.46. The van der Waals surface area contributed by atoms with Crippen molar-refractivity contribution >= 4 is 16.6 Å². The molecule has 4 nitrogen and oxygen atoms in total. The molecular weight excluding hydrogens is 283 g/mol. The Kier molecular flexibility index (Phi) is 3.29. The van der Waals surface area contributed by atoms with Gasteiger partial charge in [-0.2, -0.15) is 13.2 Å². The van der Waals surface area contributed by atoms with E-state index in [2.05, 4.69) is 0 Å². The molecule has 1 aromatic carbocycles. The first-order valence-corrected chi connectivity index (χ1v) is 6.57. The van der Waals surface area contributed by atoms with Crippen LogP contribution in [-0.4, -0.2) is 20.5 Å². The minimum absolute atomic E-state index is 0.0803. The summed E-state index contributed by atoms with van der Waals surface area (Å²) < 4.78 is 58.0. The number of carbonyl (C=O) groups is 1. The van der Waals surface area contributed by atoms with Crippen molar-refractivity contribution in [1.82, 2.24) is 5.32 Å². The zero-order valence-corrected chi connectivity index (χ0v) is 10.4. The van der Waals surface area contributed by atoms with E-state index < -0.39 is 28.3 Å². The van der Waals surface area contributed by atoms with Crippen LogP contribution in [0.1, 0.15) is 18.4 Å². The third-order valence-corrected chi connectivity index (χ3v) is 3.71. The minimum Gasteiger partial charge on any atom is -0.339 e. The van der Waals surface area contributed by atoms with E-state index in [1.807, 2.05) is 5.32 Å². The van der Waals surface area contributed by atoms with Gasteiger partial charge in [-0.15, -0.1) is 0 Å². The Balaban J connectivity index is 2.19. The first-order chi connectivity index (χ1) is 8.74. The SMILES string of the molecule is O=C(NC1(c2ccc([SH](=O)=O)cc2)CC1)C(F)(F)F. The molecule has 1 N–H and O–H groups in total. The number of nitrogens with one attached hydrogen (secondary N) is 1. The molecule has 2 rings (SSSR count). The second kappa shape index (κ2) is 4.52. The number of carbonyl (C=O) groups excluding carboxylic acids is 1. The molecule has 19 heavy (non-hydrogen) atoms. The van der Waals surface area contributed by atoms with Gasteiger partial charge < -0.3 is 5.32 Å². The van der Waals surface area contributed by atoms with Gasteiger partial charge in [-0.3, -0.25) is 4.79 Å². The van der Waals surface area contributed by atoms with Crippen molar-refractivity contribution in [3.63, 3.8) is 0 Å². The van der Waals surface area contributed by atoms with Gasteiger partial charge in [0.2, 0.25) is 0 Å². The van der Waals surface area contributed by atoms with E-state index in [-0.39, 0.29) is 4.90 Å². The number of amides is 1. The van der Waals surface area contributed by atoms with Gasteiger partial charge in [0.15, 0.2) is 10.7 Å². The molecule has 1 saturated carbocycles. The molecule has 0 atom stereocenters. The van der Waals surface area contributed by atoms with Crippen LogP contribution in [0.2, 0.25) is 0 Å². The molecule has 0 unspecified atom stereocenters. The molecule has 0 bridgehead atoms. The maximum atomic E-state index is 12.2. The lowest BCUT2D eigenvalue weighted by atomic mass is 10.1. The molecule has 1 aliphatic carbocycles. The summed E-state index contributed by atoms with van der Waals surface area (Å²) in [5.41, 5.74) is -0.537. The lowest BCUT2D eigenvalue weighted by Crippen LogP contribution is -2.43. The molecule has 0 radical (unpaired) electrons. The Morgan fingerprint density at radius 3 is 2.05 bits per heavy atom. The predicted octanol–water partition coefficient (Wildman–Crippen LogP) is 1.32. The second-order valence-electron chi connectivity index (χ2n) is 4.34. The van der Waals surface area contributed by atoms with Crippen molar-refractivity contribution in [3.8, 4) is 0 Å². The normalized spacial score (nSPS) is 17.3. The molecule has 104 valence electrons. The number of benzene rings is 1. The van der Waals surface area contributed by atoms with Crippen molar-refractivity contribution in [2.75, 3.05) is 0 Å². The quantitative estimate of drug-likeness (QED) is 0.826. The zero-order chi connectivity index (χ0) is 14.3. The van der Waals surface area contributed by atoms with Gasteiger partial charge in [-0.25, -0.2) is 8.42 Å². The van der Waals surface area contributed by atoms with E-state index in [9.17, 15) is 26.4 Å². The maximum absolute atomic E-state index is 12.2. The van der Waals surface area contributed by atoms with E-state index in [1.165, 1.54) is 24.3 Å². The van der Waals surface area contributed by atoms with Crippen molar-refractivity contribution in [3.05, 3.63) is 29.8 Å². The van der Waals surface area contributed by atoms with E-state index in [0.29, 0.717) is 18.4 Å². The summed E-state index contributed by atoms with van der Waals surface area (Å²) in [6.07, 6.45) is -4.12. The highest BCUT2D eigenvalue weighted by Gasteiger charge is 2.50. The maximum Gasteiger partial charge on any atom is 0.471 e. The van der Waals surface area contributed by atoms with Gasteiger partial charge >= 0.3 is 12.1 Å². The molecule has 0 heterocycles. The number of halogens is 3. The van der Waals surface area contributed by atoms with Crippen LogP contribution >= 0.6 is 0 Å². The average molecular weight is 293 g/mol. The van der Waals surface area contributed by atoms with Crippen LogP contribution < -0.4 is 5.32 Å². The number of hydrogen-bond acceptors (Lipinski definition) is 3. The van der Waals surface area contributed by atoms with Crippen LogP contribution in [0.15, 0.2) is 29.2 Å². The Labute approximate surface area is 108 Å². The Morgan fingerprint density at radius 1 is 1.16 bits per heavy atom. The summed E-state index contributed by atoms with van der Waals surface area (Å²) in [5, 5.41) is 1.96. The topological polar surface area (TPSA) is 63.2 Å². The molecule has 0 aromatic heterocycles. The first kappa shape index (κ1) is 13.9. The summed E-state index contributed by atoms with van der Waals surface area (Å²) in [6.45, 7) is 0. The predicted molar refractivity (Wildman–Crippen MR) is 60.1 cm³/mol. The minimum atomic E-state index is -4.92. The van der Waals surface area contributed by atoms with Crippen LogP contribution in [0.5, 0.6) is 0 Å². The summed E-state index contributed by atoms with van der Waals surface area (Å²) in [5.74, 6) is -1.98. The van der Waals surface area contributed by atoms with Gasteiger partial charge in [-0.05, 0) is 30.5 Å². The number of alkyl halides is 3. The van der Waals surface area contributed by atoms with Crippen molar-refractivity contribution in [2.45, 2.75) is 29.5 Å². The second-order valence-corrected chi connectivity index (χ2v) is 5.37. The molecule has 8 heteroatoms. The van der Waals surface area contributed by atoms with Gasteiger partial charge in [-0.1, -0.05) is 12.1 Å². The molecule has 1 fully saturated rings. The van der Waals surface area contributed by atoms with E-state index >= 15 is 0 Å². The van der Waals surface area contributed by atoms with Crippen molar-refractivity contribution in [2.24, 2.45) is 0 Å². The summed E-state index contributed by atoms with van der Waals surface area (Å²) >= 11 is 0. The fraction of sp³-hybridized carbons (Fsp3) is 0.364. The van der Waals surface area contributed by atoms with Crippen LogP contribution in [-0.2, 0) is 21.0 Å². The van der Waals surface area contributed by atoms with Gasteiger partial charge in [0, 0.05) is 0 Å². The Bertz CT molecular complexity index is 566. The van der Waals surface area contributed by atoms with Crippen LogP contribution in [0.4, 0.5) is 13.2 Å². The highest BCUT2D eigenvalue weighted by molar-refractivity contribution is 7.72. The number of hydrogen-bond donors (Lipinski definition) is 2. The monoisotopic (exact) mass is 293 g/mol. The van der Waals surface area contributed by atoms with Gasteiger partial charge in [0.25, 0.3) is 0 Å². The Morgan fingerprint density at radius 2 is 1.68 bits per heavy atom. The molecule has 1 aliphatic rings.